The van der Waals surface area contributed by atoms with E-state index in [1.807, 2.05) is 14.1 Å². The number of likely N-dealkylation sites (N-methyl/N-ethyl adjacent to an activating group) is 3. The molecule has 1 N–H and O–H groups in total. The van der Waals surface area contributed by atoms with Crippen LogP contribution >= 0.6 is 0 Å². The number of nitrogens with one attached hydrogen (secondary N) is 1. The van der Waals surface area contributed by atoms with E-state index in [2.05, 4.69) is 68.7 Å². The summed E-state index contributed by atoms with van der Waals surface area (Å²) in [5.74, 6) is 0.454. The van der Waals surface area contributed by atoms with E-state index in [0.717, 1.165) is 26.2 Å². The summed E-state index contributed by atoms with van der Waals surface area (Å²) in [6.45, 7) is 15.3. The summed E-state index contributed by atoms with van der Waals surface area (Å²) in [7, 11) is 8.33. The third kappa shape index (κ3) is 8.68. The van der Waals surface area contributed by atoms with Crippen LogP contribution in [0.1, 0.15) is 34.6 Å². The van der Waals surface area contributed by atoms with E-state index >= 15 is 0 Å². The first-order chi connectivity index (χ1) is 10.5. The maximum Gasteiger partial charge on any atom is 0.226 e. The maximum atomic E-state index is 12.5. The van der Waals surface area contributed by atoms with Gasteiger partial charge in [-0.15, -0.1) is 0 Å². The van der Waals surface area contributed by atoms with Crippen molar-refractivity contribution in [3.8, 4) is 0 Å². The summed E-state index contributed by atoms with van der Waals surface area (Å²) in [6, 6.07) is 0.569. The Morgan fingerprint density at radius 3 is 2.04 bits per heavy atom. The van der Waals surface area contributed by atoms with Crippen LogP contribution < -0.4 is 5.32 Å². The third-order valence-corrected chi connectivity index (χ3v) is 4.96. The molecule has 23 heavy (non-hydrogen) atoms. The molecular formula is C18H40N4O. The SMILES string of the molecule is CC(C)N(C)CCN(C)CC(C)C(C)(C)C(=O)NCCN(C)C. The highest BCUT2D eigenvalue weighted by atomic mass is 16.2. The van der Waals surface area contributed by atoms with Crippen molar-refractivity contribution >= 4 is 5.91 Å². The molecule has 0 saturated heterocycles. The second kappa shape index (κ2) is 10.3. The average molecular weight is 329 g/mol. The van der Waals surface area contributed by atoms with Crippen LogP contribution in [0.2, 0.25) is 0 Å². The Hall–Kier alpha value is -0.650. The number of amides is 1. The predicted molar refractivity (Wildman–Crippen MR) is 99.8 cm³/mol. The lowest BCUT2D eigenvalue weighted by Crippen LogP contribution is -2.46. The minimum absolute atomic E-state index is 0.152. The van der Waals surface area contributed by atoms with Gasteiger partial charge in [-0.1, -0.05) is 20.8 Å². The van der Waals surface area contributed by atoms with Gasteiger partial charge in [0.15, 0.2) is 0 Å². The van der Waals surface area contributed by atoms with Crippen LogP contribution in [0, 0.1) is 11.3 Å². The van der Waals surface area contributed by atoms with E-state index in [0.29, 0.717) is 18.5 Å². The highest BCUT2D eigenvalue weighted by Gasteiger charge is 2.34. The molecule has 0 rings (SSSR count). The first kappa shape index (κ1) is 22.4. The smallest absolute Gasteiger partial charge is 0.226 e. The number of nitrogens with zero attached hydrogens (tertiary/aromatic N) is 3. The van der Waals surface area contributed by atoms with E-state index < -0.39 is 0 Å². The fourth-order valence-corrected chi connectivity index (χ4v) is 2.22. The first-order valence-electron chi connectivity index (χ1n) is 8.80. The van der Waals surface area contributed by atoms with Gasteiger partial charge in [0, 0.05) is 44.2 Å². The minimum Gasteiger partial charge on any atom is -0.354 e. The Kier molecular flexibility index (Phi) is 9.97. The van der Waals surface area contributed by atoms with Crippen LogP contribution in [0.15, 0.2) is 0 Å². The molecule has 0 heterocycles. The zero-order chi connectivity index (χ0) is 18.2. The average Bonchev–Trinajstić information content (AvgIpc) is 2.43. The van der Waals surface area contributed by atoms with Gasteiger partial charge < -0.3 is 20.0 Å². The minimum atomic E-state index is -0.357. The summed E-state index contributed by atoms with van der Waals surface area (Å²) in [5, 5.41) is 3.07. The Morgan fingerprint density at radius 1 is 1.00 bits per heavy atom. The van der Waals surface area contributed by atoms with Gasteiger partial charge in [0.2, 0.25) is 5.91 Å². The Bertz CT molecular complexity index is 342. The summed E-state index contributed by atoms with van der Waals surface area (Å²) < 4.78 is 0. The molecule has 0 aliphatic heterocycles. The fourth-order valence-electron chi connectivity index (χ4n) is 2.22. The molecule has 0 aromatic rings. The van der Waals surface area contributed by atoms with Gasteiger partial charge in [-0.05, 0) is 48.0 Å². The van der Waals surface area contributed by atoms with Gasteiger partial charge in [-0.2, -0.15) is 0 Å². The topological polar surface area (TPSA) is 38.8 Å². The van der Waals surface area contributed by atoms with Crippen molar-refractivity contribution in [2.75, 3.05) is 60.9 Å². The van der Waals surface area contributed by atoms with E-state index in [4.69, 9.17) is 0 Å². The number of rotatable bonds is 11. The fraction of sp³-hybridized carbons (Fsp3) is 0.944. The third-order valence-electron chi connectivity index (χ3n) is 4.96. The molecule has 0 saturated carbocycles. The van der Waals surface area contributed by atoms with Crippen LogP contribution in [-0.4, -0.2) is 87.6 Å². The zero-order valence-corrected chi connectivity index (χ0v) is 16.9. The molecule has 0 aromatic heterocycles. The van der Waals surface area contributed by atoms with Crippen LogP contribution in [-0.2, 0) is 4.79 Å². The van der Waals surface area contributed by atoms with Crippen molar-refractivity contribution in [1.29, 1.82) is 0 Å². The van der Waals surface area contributed by atoms with Crippen molar-refractivity contribution in [2.24, 2.45) is 11.3 Å². The van der Waals surface area contributed by atoms with Crippen molar-refractivity contribution in [1.82, 2.24) is 20.0 Å². The van der Waals surface area contributed by atoms with Crippen LogP contribution in [0.25, 0.3) is 0 Å². The van der Waals surface area contributed by atoms with Crippen LogP contribution in [0.4, 0.5) is 0 Å². The molecule has 0 aliphatic rings. The number of carbonyl (C=O) groups excluding carboxylic acids is 1. The molecule has 0 spiro atoms. The van der Waals surface area contributed by atoms with Crippen molar-refractivity contribution in [3.05, 3.63) is 0 Å². The van der Waals surface area contributed by atoms with Crippen LogP contribution in [0.3, 0.4) is 0 Å². The summed E-state index contributed by atoms with van der Waals surface area (Å²) in [5.41, 5.74) is -0.357. The normalized spacial score (nSPS) is 14.1. The highest BCUT2D eigenvalue weighted by Crippen LogP contribution is 2.27. The maximum absolute atomic E-state index is 12.5. The predicted octanol–water partition coefficient (Wildman–Crippen LogP) is 1.60. The van der Waals surface area contributed by atoms with Crippen molar-refractivity contribution in [2.45, 2.75) is 40.7 Å². The molecule has 5 nitrogen and oxygen atoms in total. The van der Waals surface area contributed by atoms with Crippen LogP contribution in [0.5, 0.6) is 0 Å². The Labute approximate surface area is 144 Å². The molecule has 1 amide bonds. The molecule has 0 aliphatic carbocycles. The quantitative estimate of drug-likeness (QED) is 0.625. The Morgan fingerprint density at radius 2 is 1.57 bits per heavy atom. The van der Waals surface area contributed by atoms with Crippen molar-refractivity contribution in [3.63, 3.8) is 0 Å². The molecule has 0 radical (unpaired) electrons. The molecule has 0 aromatic carbocycles. The molecular weight excluding hydrogens is 288 g/mol. The number of hydrogen-bond donors (Lipinski definition) is 1. The summed E-state index contributed by atoms with van der Waals surface area (Å²) in [4.78, 5) is 19.2. The van der Waals surface area contributed by atoms with Gasteiger partial charge in [0.1, 0.15) is 0 Å². The number of carbonyl (C=O) groups is 1. The molecule has 0 fully saturated rings. The second-order valence-electron chi connectivity index (χ2n) is 8.02. The van der Waals surface area contributed by atoms with E-state index in [9.17, 15) is 4.79 Å². The van der Waals surface area contributed by atoms with Gasteiger partial charge in [0.25, 0.3) is 0 Å². The second-order valence-corrected chi connectivity index (χ2v) is 8.02. The molecule has 5 heteroatoms. The monoisotopic (exact) mass is 328 g/mol. The summed E-state index contributed by atoms with van der Waals surface area (Å²) >= 11 is 0. The zero-order valence-electron chi connectivity index (χ0n) is 16.9. The number of hydrogen-bond acceptors (Lipinski definition) is 4. The van der Waals surface area contributed by atoms with Gasteiger partial charge in [-0.25, -0.2) is 0 Å². The lowest BCUT2D eigenvalue weighted by atomic mass is 9.78. The Balaban J connectivity index is 4.33. The van der Waals surface area contributed by atoms with Crippen molar-refractivity contribution < 1.29 is 4.79 Å². The first-order valence-corrected chi connectivity index (χ1v) is 8.80. The molecule has 0 bridgehead atoms. The van der Waals surface area contributed by atoms with Gasteiger partial charge in [-0.3, -0.25) is 4.79 Å². The van der Waals surface area contributed by atoms with Gasteiger partial charge >= 0.3 is 0 Å². The molecule has 1 unspecified atom stereocenters. The van der Waals surface area contributed by atoms with E-state index in [1.165, 1.54) is 0 Å². The standard InChI is InChI=1S/C18H40N4O/c1-15(2)22(9)13-12-21(8)14-16(3)18(4,5)17(23)19-10-11-20(6)7/h15-16H,10-14H2,1-9H3,(H,19,23). The van der Waals surface area contributed by atoms with E-state index in [-0.39, 0.29) is 11.3 Å². The molecule has 1 atom stereocenters. The highest BCUT2D eigenvalue weighted by molar-refractivity contribution is 5.82. The lowest BCUT2D eigenvalue weighted by Gasteiger charge is -2.34. The largest absolute Gasteiger partial charge is 0.354 e. The summed E-state index contributed by atoms with van der Waals surface area (Å²) in [6.07, 6.45) is 0. The molecule has 138 valence electrons. The van der Waals surface area contributed by atoms with E-state index in [1.54, 1.807) is 0 Å². The van der Waals surface area contributed by atoms with Gasteiger partial charge in [0.05, 0.1) is 0 Å². The lowest BCUT2D eigenvalue weighted by molar-refractivity contribution is -0.132.